The second-order valence-corrected chi connectivity index (χ2v) is 6.63. The third-order valence-electron chi connectivity index (χ3n) is 5.10. The molecule has 2 aliphatic rings. The van der Waals surface area contributed by atoms with Crippen LogP contribution in [0.1, 0.15) is 18.1 Å². The molecule has 25 heavy (non-hydrogen) atoms. The lowest BCUT2D eigenvalue weighted by Crippen LogP contribution is -2.58. The molecule has 0 bridgehead atoms. The average Bonchev–Trinajstić information content (AvgIpc) is 2.68. The van der Waals surface area contributed by atoms with Crippen molar-refractivity contribution in [1.82, 2.24) is 14.7 Å². The molecule has 0 aliphatic carbocycles. The maximum absolute atomic E-state index is 12.8. The van der Waals surface area contributed by atoms with Crippen molar-refractivity contribution in [1.29, 1.82) is 5.26 Å². The van der Waals surface area contributed by atoms with E-state index in [9.17, 15) is 4.79 Å². The number of nitriles is 1. The predicted molar refractivity (Wildman–Crippen MR) is 94.9 cm³/mol. The van der Waals surface area contributed by atoms with Crippen LogP contribution in [-0.4, -0.2) is 79.1 Å². The Balaban J connectivity index is 1.50. The van der Waals surface area contributed by atoms with Crippen molar-refractivity contribution >= 4 is 5.91 Å². The van der Waals surface area contributed by atoms with Gasteiger partial charge in [0.25, 0.3) is 0 Å². The number of hydrogen-bond acceptors (Lipinski definition) is 5. The van der Waals surface area contributed by atoms with E-state index in [0.29, 0.717) is 12.2 Å². The van der Waals surface area contributed by atoms with Gasteiger partial charge in [-0.05, 0) is 24.2 Å². The van der Waals surface area contributed by atoms with Gasteiger partial charge in [0.05, 0.1) is 24.8 Å². The van der Waals surface area contributed by atoms with Crippen LogP contribution in [-0.2, 0) is 16.1 Å². The minimum Gasteiger partial charge on any atom is -0.378 e. The van der Waals surface area contributed by atoms with Crippen LogP contribution >= 0.6 is 0 Å². The average molecular weight is 342 g/mol. The van der Waals surface area contributed by atoms with Gasteiger partial charge in [0.1, 0.15) is 6.04 Å². The molecular formula is C19H26N4O2. The van der Waals surface area contributed by atoms with Gasteiger partial charge >= 0.3 is 0 Å². The van der Waals surface area contributed by atoms with Gasteiger partial charge in [0.2, 0.25) is 5.91 Å². The Morgan fingerprint density at radius 1 is 1.20 bits per heavy atom. The third-order valence-corrected chi connectivity index (χ3v) is 5.10. The fourth-order valence-electron chi connectivity index (χ4n) is 3.52. The Bertz CT molecular complexity index is 617. The zero-order valence-electron chi connectivity index (χ0n) is 14.9. The molecule has 0 spiro atoms. The summed E-state index contributed by atoms with van der Waals surface area (Å²) in [5.41, 5.74) is 1.89. The molecule has 2 fully saturated rings. The highest BCUT2D eigenvalue weighted by Crippen LogP contribution is 2.14. The lowest BCUT2D eigenvalue weighted by molar-refractivity contribution is -0.144. The molecule has 134 valence electrons. The van der Waals surface area contributed by atoms with Crippen LogP contribution in [0.5, 0.6) is 0 Å². The number of ether oxygens (including phenoxy) is 1. The number of piperazine rings is 1. The Kier molecular flexibility index (Phi) is 6.03. The van der Waals surface area contributed by atoms with Gasteiger partial charge < -0.3 is 9.64 Å². The molecule has 1 unspecified atom stereocenters. The summed E-state index contributed by atoms with van der Waals surface area (Å²) in [4.78, 5) is 19.4. The van der Waals surface area contributed by atoms with Crippen LogP contribution < -0.4 is 0 Å². The molecule has 1 aromatic carbocycles. The van der Waals surface area contributed by atoms with Gasteiger partial charge in [0, 0.05) is 39.3 Å². The second kappa shape index (κ2) is 8.43. The molecule has 0 radical (unpaired) electrons. The zero-order valence-corrected chi connectivity index (χ0v) is 14.9. The highest BCUT2D eigenvalue weighted by atomic mass is 16.5. The molecule has 2 aliphatic heterocycles. The van der Waals surface area contributed by atoms with Gasteiger partial charge in [0.15, 0.2) is 0 Å². The van der Waals surface area contributed by atoms with Crippen molar-refractivity contribution in [3.63, 3.8) is 0 Å². The van der Waals surface area contributed by atoms with Gasteiger partial charge in [-0.3, -0.25) is 14.6 Å². The number of morpholine rings is 1. The summed E-state index contributed by atoms with van der Waals surface area (Å²) >= 11 is 0. The quantitative estimate of drug-likeness (QED) is 0.814. The van der Waals surface area contributed by atoms with Gasteiger partial charge in [-0.25, -0.2) is 0 Å². The van der Waals surface area contributed by atoms with E-state index < -0.39 is 0 Å². The summed E-state index contributed by atoms with van der Waals surface area (Å²) in [5, 5.41) is 8.86. The maximum Gasteiger partial charge on any atom is 0.242 e. The first kappa shape index (κ1) is 17.9. The molecule has 0 saturated carbocycles. The molecule has 0 aromatic heterocycles. The molecule has 2 saturated heterocycles. The topological polar surface area (TPSA) is 59.8 Å². The smallest absolute Gasteiger partial charge is 0.242 e. The molecule has 2 heterocycles. The minimum absolute atomic E-state index is 0.121. The predicted octanol–water partition coefficient (Wildman–Crippen LogP) is 0.923. The first-order valence-electron chi connectivity index (χ1n) is 9.03. The molecule has 6 nitrogen and oxygen atoms in total. The molecule has 1 atom stereocenters. The Hall–Kier alpha value is -1.94. The van der Waals surface area contributed by atoms with E-state index in [4.69, 9.17) is 10.00 Å². The first-order valence-corrected chi connectivity index (χ1v) is 9.03. The van der Waals surface area contributed by atoms with Gasteiger partial charge in [-0.2, -0.15) is 5.26 Å². The van der Waals surface area contributed by atoms with Gasteiger partial charge in [-0.15, -0.1) is 0 Å². The van der Waals surface area contributed by atoms with E-state index >= 15 is 0 Å². The molecule has 6 heteroatoms. The summed E-state index contributed by atoms with van der Waals surface area (Å²) < 4.78 is 5.52. The van der Waals surface area contributed by atoms with E-state index in [0.717, 1.165) is 52.4 Å². The van der Waals surface area contributed by atoms with Crippen LogP contribution in [0.2, 0.25) is 0 Å². The van der Waals surface area contributed by atoms with Crippen LogP contribution in [0.4, 0.5) is 0 Å². The number of rotatable bonds is 4. The first-order chi connectivity index (χ1) is 12.2. The van der Waals surface area contributed by atoms with Crippen LogP contribution in [0.3, 0.4) is 0 Å². The normalized spacial score (nSPS) is 22.6. The van der Waals surface area contributed by atoms with Crippen molar-refractivity contribution in [3.8, 4) is 6.07 Å². The van der Waals surface area contributed by atoms with Crippen LogP contribution in [0, 0.1) is 11.3 Å². The van der Waals surface area contributed by atoms with Crippen LogP contribution in [0.25, 0.3) is 0 Å². The van der Waals surface area contributed by atoms with Crippen LogP contribution in [0.15, 0.2) is 24.3 Å². The SMILES string of the molecule is CCN1CCOCC1C(=O)N1CCN(Cc2ccc(C#N)cc2)CC1. The number of amides is 1. The molecule has 1 amide bonds. The Labute approximate surface area is 149 Å². The van der Waals surface area contributed by atoms with E-state index in [1.165, 1.54) is 5.56 Å². The minimum atomic E-state index is -0.121. The maximum atomic E-state index is 12.8. The number of carbonyl (C=O) groups excluding carboxylic acids is 1. The summed E-state index contributed by atoms with van der Waals surface area (Å²) in [6, 6.07) is 9.76. The standard InChI is InChI=1S/C19H26N4O2/c1-2-22-11-12-25-15-18(22)19(24)23-9-7-21(8-10-23)14-17-5-3-16(13-20)4-6-17/h3-6,18H,2,7-12,14-15H2,1H3. The monoisotopic (exact) mass is 342 g/mol. The van der Waals surface area contributed by atoms with E-state index in [1.807, 2.05) is 29.2 Å². The van der Waals surface area contributed by atoms with Crippen molar-refractivity contribution in [2.45, 2.75) is 19.5 Å². The summed E-state index contributed by atoms with van der Waals surface area (Å²) in [7, 11) is 0. The second-order valence-electron chi connectivity index (χ2n) is 6.63. The summed E-state index contributed by atoms with van der Waals surface area (Å²) in [5.74, 6) is 0.208. The number of nitrogens with zero attached hydrogens (tertiary/aromatic N) is 4. The molecular weight excluding hydrogens is 316 g/mol. The number of likely N-dealkylation sites (N-methyl/N-ethyl adjacent to an activating group) is 1. The molecule has 1 aromatic rings. The Morgan fingerprint density at radius 3 is 2.56 bits per heavy atom. The lowest BCUT2D eigenvalue weighted by Gasteiger charge is -2.40. The fourth-order valence-corrected chi connectivity index (χ4v) is 3.52. The summed E-state index contributed by atoms with van der Waals surface area (Å²) in [6.07, 6.45) is 0. The largest absolute Gasteiger partial charge is 0.378 e. The lowest BCUT2D eigenvalue weighted by atomic mass is 10.1. The van der Waals surface area contributed by atoms with Gasteiger partial charge in [-0.1, -0.05) is 19.1 Å². The number of benzene rings is 1. The molecule has 3 rings (SSSR count). The third kappa shape index (κ3) is 4.37. The number of hydrogen-bond donors (Lipinski definition) is 0. The van der Waals surface area contributed by atoms with Crippen molar-refractivity contribution in [2.24, 2.45) is 0 Å². The van der Waals surface area contributed by atoms with E-state index in [2.05, 4.69) is 22.8 Å². The van der Waals surface area contributed by atoms with E-state index in [1.54, 1.807) is 0 Å². The van der Waals surface area contributed by atoms with E-state index in [-0.39, 0.29) is 11.9 Å². The Morgan fingerprint density at radius 2 is 1.92 bits per heavy atom. The highest BCUT2D eigenvalue weighted by Gasteiger charge is 2.33. The molecule has 0 N–H and O–H groups in total. The fraction of sp³-hybridized carbons (Fsp3) is 0.579. The van der Waals surface area contributed by atoms with Crippen molar-refractivity contribution < 1.29 is 9.53 Å². The van der Waals surface area contributed by atoms with Crippen molar-refractivity contribution in [2.75, 3.05) is 52.5 Å². The summed E-state index contributed by atoms with van der Waals surface area (Å²) in [6.45, 7) is 9.21. The van der Waals surface area contributed by atoms with Crippen molar-refractivity contribution in [3.05, 3.63) is 35.4 Å². The highest BCUT2D eigenvalue weighted by molar-refractivity contribution is 5.82. The zero-order chi connectivity index (χ0) is 17.6. The number of carbonyl (C=O) groups is 1.